The lowest BCUT2D eigenvalue weighted by Crippen LogP contribution is -2.38. The number of ether oxygens (including phenoxy) is 1. The van der Waals surface area contributed by atoms with Gasteiger partial charge in [-0.05, 0) is 30.8 Å². The number of nitrogens with zero attached hydrogens (tertiary/aromatic N) is 1. The van der Waals surface area contributed by atoms with Crippen LogP contribution in [-0.4, -0.2) is 51.3 Å². The smallest absolute Gasteiger partial charge is 0.0589 e. The second-order valence-electron chi connectivity index (χ2n) is 6.30. The van der Waals surface area contributed by atoms with E-state index < -0.39 is 0 Å². The van der Waals surface area contributed by atoms with Gasteiger partial charge in [0.25, 0.3) is 0 Å². The van der Waals surface area contributed by atoms with Crippen molar-refractivity contribution in [1.29, 1.82) is 0 Å². The summed E-state index contributed by atoms with van der Waals surface area (Å²) >= 11 is 0. The van der Waals surface area contributed by atoms with Crippen LogP contribution in [0.25, 0.3) is 0 Å². The van der Waals surface area contributed by atoms with Crippen molar-refractivity contribution in [3.05, 3.63) is 0 Å². The molecule has 0 bridgehead atoms. The van der Waals surface area contributed by atoms with Crippen LogP contribution in [0, 0.1) is 17.8 Å². The SMILES string of the molecule is COCCN(CC(C)C)CC(C)CNCC(C)C. The highest BCUT2D eigenvalue weighted by molar-refractivity contribution is 4.67. The summed E-state index contributed by atoms with van der Waals surface area (Å²) in [7, 11) is 1.78. The highest BCUT2D eigenvalue weighted by atomic mass is 16.5. The maximum Gasteiger partial charge on any atom is 0.0589 e. The first-order valence-electron chi connectivity index (χ1n) is 7.37. The molecule has 0 heterocycles. The number of rotatable bonds is 11. The molecule has 0 aliphatic carbocycles. The fourth-order valence-electron chi connectivity index (χ4n) is 2.12. The van der Waals surface area contributed by atoms with E-state index in [0.29, 0.717) is 5.92 Å². The van der Waals surface area contributed by atoms with Crippen LogP contribution in [-0.2, 0) is 4.74 Å². The van der Waals surface area contributed by atoms with Crippen molar-refractivity contribution in [2.45, 2.75) is 34.6 Å². The zero-order chi connectivity index (χ0) is 14.0. The molecule has 1 N–H and O–H groups in total. The summed E-state index contributed by atoms with van der Waals surface area (Å²) in [4.78, 5) is 2.52. The molecule has 110 valence electrons. The lowest BCUT2D eigenvalue weighted by molar-refractivity contribution is 0.129. The molecule has 0 aromatic heterocycles. The molecule has 3 heteroatoms. The highest BCUT2D eigenvalue weighted by Gasteiger charge is 2.11. The Balaban J connectivity index is 3.89. The van der Waals surface area contributed by atoms with Crippen molar-refractivity contribution in [1.82, 2.24) is 10.2 Å². The zero-order valence-corrected chi connectivity index (χ0v) is 13.3. The van der Waals surface area contributed by atoms with Gasteiger partial charge >= 0.3 is 0 Å². The Morgan fingerprint density at radius 1 is 0.944 bits per heavy atom. The van der Waals surface area contributed by atoms with Gasteiger partial charge in [0.2, 0.25) is 0 Å². The van der Waals surface area contributed by atoms with Crippen LogP contribution in [0.15, 0.2) is 0 Å². The second kappa shape index (κ2) is 10.8. The molecule has 0 radical (unpaired) electrons. The molecule has 0 aromatic carbocycles. The van der Waals surface area contributed by atoms with Crippen molar-refractivity contribution >= 4 is 0 Å². The van der Waals surface area contributed by atoms with Gasteiger partial charge < -0.3 is 15.0 Å². The van der Waals surface area contributed by atoms with E-state index in [1.807, 2.05) is 0 Å². The normalized spacial score (nSPS) is 13.8. The second-order valence-corrected chi connectivity index (χ2v) is 6.30. The topological polar surface area (TPSA) is 24.5 Å². The van der Waals surface area contributed by atoms with Gasteiger partial charge in [0, 0.05) is 26.7 Å². The van der Waals surface area contributed by atoms with Gasteiger partial charge in [-0.2, -0.15) is 0 Å². The summed E-state index contributed by atoms with van der Waals surface area (Å²) in [6, 6.07) is 0. The monoisotopic (exact) mass is 258 g/mol. The maximum atomic E-state index is 5.19. The van der Waals surface area contributed by atoms with Gasteiger partial charge in [0.05, 0.1) is 6.61 Å². The lowest BCUT2D eigenvalue weighted by Gasteiger charge is -2.27. The van der Waals surface area contributed by atoms with Crippen LogP contribution in [0.5, 0.6) is 0 Å². The van der Waals surface area contributed by atoms with Crippen LogP contribution in [0.4, 0.5) is 0 Å². The molecule has 18 heavy (non-hydrogen) atoms. The molecule has 0 aliphatic rings. The molecule has 0 amide bonds. The van der Waals surface area contributed by atoms with Crippen molar-refractivity contribution in [2.24, 2.45) is 17.8 Å². The minimum Gasteiger partial charge on any atom is -0.383 e. The first-order chi connectivity index (χ1) is 8.45. The third-order valence-electron chi connectivity index (χ3n) is 2.85. The third kappa shape index (κ3) is 11.0. The molecule has 0 rings (SSSR count). The number of hydrogen-bond acceptors (Lipinski definition) is 3. The Kier molecular flexibility index (Phi) is 10.7. The van der Waals surface area contributed by atoms with Crippen molar-refractivity contribution in [3.63, 3.8) is 0 Å². The summed E-state index contributed by atoms with van der Waals surface area (Å²) in [5, 5.41) is 3.54. The number of hydrogen-bond donors (Lipinski definition) is 1. The standard InChI is InChI=1S/C15H34N2O/c1-13(2)9-16-10-15(5)12-17(7-8-18-6)11-14(3)4/h13-16H,7-12H2,1-6H3. The fourth-order valence-corrected chi connectivity index (χ4v) is 2.12. The van der Waals surface area contributed by atoms with E-state index in [9.17, 15) is 0 Å². The van der Waals surface area contributed by atoms with E-state index >= 15 is 0 Å². The number of methoxy groups -OCH3 is 1. The molecule has 0 saturated carbocycles. The lowest BCUT2D eigenvalue weighted by atomic mass is 10.1. The average molecular weight is 258 g/mol. The largest absolute Gasteiger partial charge is 0.383 e. The molecule has 0 aliphatic heterocycles. The molecular weight excluding hydrogens is 224 g/mol. The quantitative estimate of drug-likeness (QED) is 0.616. The Labute approximate surface area is 114 Å². The summed E-state index contributed by atoms with van der Waals surface area (Å²) < 4.78 is 5.19. The van der Waals surface area contributed by atoms with Gasteiger partial charge in [0.15, 0.2) is 0 Å². The predicted molar refractivity (Wildman–Crippen MR) is 80.0 cm³/mol. The first-order valence-corrected chi connectivity index (χ1v) is 7.37. The minimum atomic E-state index is 0.694. The predicted octanol–water partition coefficient (Wildman–Crippen LogP) is 2.47. The van der Waals surface area contributed by atoms with Crippen molar-refractivity contribution in [3.8, 4) is 0 Å². The molecular formula is C15H34N2O. The summed E-state index contributed by atoms with van der Waals surface area (Å²) in [6.07, 6.45) is 0. The molecule has 3 nitrogen and oxygen atoms in total. The van der Waals surface area contributed by atoms with E-state index in [1.165, 1.54) is 0 Å². The van der Waals surface area contributed by atoms with E-state index in [2.05, 4.69) is 44.8 Å². The van der Waals surface area contributed by atoms with Crippen molar-refractivity contribution < 1.29 is 4.74 Å². The van der Waals surface area contributed by atoms with Gasteiger partial charge in [-0.1, -0.05) is 34.6 Å². The summed E-state index contributed by atoms with van der Waals surface area (Å²) in [5.41, 5.74) is 0. The Hall–Kier alpha value is -0.120. The van der Waals surface area contributed by atoms with Gasteiger partial charge in [-0.3, -0.25) is 0 Å². The average Bonchev–Trinajstić information content (AvgIpc) is 2.24. The Morgan fingerprint density at radius 2 is 1.61 bits per heavy atom. The van der Waals surface area contributed by atoms with Gasteiger partial charge in [0.1, 0.15) is 0 Å². The Morgan fingerprint density at radius 3 is 2.11 bits per heavy atom. The van der Waals surface area contributed by atoms with Crippen LogP contribution in [0.1, 0.15) is 34.6 Å². The van der Waals surface area contributed by atoms with E-state index in [-0.39, 0.29) is 0 Å². The first kappa shape index (κ1) is 17.9. The Bertz CT molecular complexity index is 183. The van der Waals surface area contributed by atoms with Gasteiger partial charge in [-0.25, -0.2) is 0 Å². The van der Waals surface area contributed by atoms with E-state index in [4.69, 9.17) is 4.74 Å². The summed E-state index contributed by atoms with van der Waals surface area (Å²) in [6.45, 7) is 17.8. The van der Waals surface area contributed by atoms with Crippen LogP contribution >= 0.6 is 0 Å². The van der Waals surface area contributed by atoms with Crippen molar-refractivity contribution in [2.75, 3.05) is 46.4 Å². The molecule has 0 saturated heterocycles. The third-order valence-corrected chi connectivity index (χ3v) is 2.85. The summed E-state index contributed by atoms with van der Waals surface area (Å²) in [5.74, 6) is 2.15. The fraction of sp³-hybridized carbons (Fsp3) is 1.00. The molecule has 0 fully saturated rings. The van der Waals surface area contributed by atoms with Crippen LogP contribution in [0.3, 0.4) is 0 Å². The minimum absolute atomic E-state index is 0.694. The molecule has 1 atom stereocenters. The zero-order valence-electron chi connectivity index (χ0n) is 13.3. The molecule has 0 spiro atoms. The highest BCUT2D eigenvalue weighted by Crippen LogP contribution is 2.04. The maximum absolute atomic E-state index is 5.19. The van der Waals surface area contributed by atoms with Gasteiger partial charge in [-0.15, -0.1) is 0 Å². The number of nitrogens with one attached hydrogen (secondary N) is 1. The van der Waals surface area contributed by atoms with E-state index in [1.54, 1.807) is 7.11 Å². The molecule has 0 aromatic rings. The van der Waals surface area contributed by atoms with E-state index in [0.717, 1.165) is 51.2 Å². The van der Waals surface area contributed by atoms with Crippen LogP contribution in [0.2, 0.25) is 0 Å². The van der Waals surface area contributed by atoms with Crippen LogP contribution < -0.4 is 5.32 Å². The molecule has 1 unspecified atom stereocenters.